The van der Waals surface area contributed by atoms with Crippen molar-refractivity contribution in [3.8, 4) is 5.75 Å². The number of aliphatic imine (C=N–C) groups is 1. The van der Waals surface area contributed by atoms with Gasteiger partial charge in [0, 0.05) is 0 Å². The number of nitro groups is 1. The van der Waals surface area contributed by atoms with Gasteiger partial charge in [-0.25, -0.2) is 9.98 Å². The third-order valence-electron chi connectivity index (χ3n) is 2.69. The van der Waals surface area contributed by atoms with Gasteiger partial charge < -0.3 is 9.15 Å². The highest BCUT2D eigenvalue weighted by Crippen LogP contribution is 2.33. The molecule has 3 aromatic rings. The molecule has 0 aliphatic carbocycles. The summed E-state index contributed by atoms with van der Waals surface area (Å²) in [6, 6.07) is 8.39. The number of aromatic nitrogens is 1. The van der Waals surface area contributed by atoms with Crippen LogP contribution in [0.1, 0.15) is 5.76 Å². The third kappa shape index (κ3) is 2.61. The maximum atomic E-state index is 10.5. The summed E-state index contributed by atoms with van der Waals surface area (Å²) in [6.45, 7) is 0. The second-order valence-electron chi connectivity index (χ2n) is 3.99. The summed E-state index contributed by atoms with van der Waals surface area (Å²) in [5.74, 6) is 0.661. The number of furan rings is 1. The quantitative estimate of drug-likeness (QED) is 0.417. The van der Waals surface area contributed by atoms with E-state index in [1.54, 1.807) is 7.11 Å². The van der Waals surface area contributed by atoms with E-state index in [-0.39, 0.29) is 5.88 Å². The minimum Gasteiger partial charge on any atom is -0.494 e. The number of hydrogen-bond donors (Lipinski definition) is 0. The maximum Gasteiger partial charge on any atom is 0.433 e. The van der Waals surface area contributed by atoms with Gasteiger partial charge in [-0.3, -0.25) is 10.1 Å². The highest BCUT2D eigenvalue weighted by molar-refractivity contribution is 7.22. The summed E-state index contributed by atoms with van der Waals surface area (Å²) < 4.78 is 11.2. The van der Waals surface area contributed by atoms with Gasteiger partial charge in [0.1, 0.15) is 16.2 Å². The molecule has 0 aliphatic rings. The highest BCUT2D eigenvalue weighted by atomic mass is 32.1. The molecule has 0 bridgehead atoms. The van der Waals surface area contributed by atoms with Crippen LogP contribution < -0.4 is 4.74 Å². The molecule has 0 saturated carbocycles. The van der Waals surface area contributed by atoms with Crippen LogP contribution in [0.25, 0.3) is 10.2 Å². The fourth-order valence-corrected chi connectivity index (χ4v) is 2.59. The first-order chi connectivity index (χ1) is 10.2. The van der Waals surface area contributed by atoms with Crippen molar-refractivity contribution in [2.24, 2.45) is 4.99 Å². The van der Waals surface area contributed by atoms with Gasteiger partial charge in [0.05, 0.1) is 24.1 Å². The van der Waals surface area contributed by atoms with Crippen LogP contribution in [0.2, 0.25) is 0 Å². The molecule has 2 heterocycles. The number of ether oxygens (including phenoxy) is 1. The Kier molecular flexibility index (Phi) is 3.36. The molecule has 0 spiro atoms. The molecule has 0 fully saturated rings. The molecule has 8 heteroatoms. The van der Waals surface area contributed by atoms with E-state index in [0.29, 0.717) is 16.6 Å². The van der Waals surface area contributed by atoms with Gasteiger partial charge in [-0.2, -0.15) is 0 Å². The predicted molar refractivity (Wildman–Crippen MR) is 78.8 cm³/mol. The van der Waals surface area contributed by atoms with Gasteiger partial charge in [0.2, 0.25) is 5.13 Å². The first kappa shape index (κ1) is 13.3. The molecule has 1 aromatic carbocycles. The summed E-state index contributed by atoms with van der Waals surface area (Å²) >= 11 is 1.39. The zero-order valence-electron chi connectivity index (χ0n) is 10.8. The highest BCUT2D eigenvalue weighted by Gasteiger charge is 2.11. The standard InChI is InChI=1S/C13H9N3O4S/c1-19-9-3-2-4-10-12(9)15-13(21-10)14-7-8-5-6-11(20-8)16(17)18/h2-7H,1H3/b14-7+. The van der Waals surface area contributed by atoms with Crippen molar-refractivity contribution >= 4 is 38.8 Å². The average Bonchev–Trinajstić information content (AvgIpc) is 3.10. The average molecular weight is 303 g/mol. The fraction of sp³-hybridized carbons (Fsp3) is 0.0769. The number of methoxy groups -OCH3 is 1. The number of nitrogens with zero attached hydrogens (tertiary/aromatic N) is 3. The van der Waals surface area contributed by atoms with E-state index in [0.717, 1.165) is 10.2 Å². The molecule has 0 atom stereocenters. The Morgan fingerprint density at radius 3 is 3.00 bits per heavy atom. The first-order valence-corrected chi connectivity index (χ1v) is 6.71. The van der Waals surface area contributed by atoms with E-state index < -0.39 is 4.92 Å². The number of benzene rings is 1. The monoisotopic (exact) mass is 303 g/mol. The van der Waals surface area contributed by atoms with Crippen LogP contribution in [0, 0.1) is 10.1 Å². The molecule has 0 N–H and O–H groups in total. The largest absolute Gasteiger partial charge is 0.494 e. The van der Waals surface area contributed by atoms with Crippen LogP contribution in [0.3, 0.4) is 0 Å². The molecule has 2 aromatic heterocycles. The number of para-hydroxylation sites is 1. The van der Waals surface area contributed by atoms with E-state index in [4.69, 9.17) is 9.15 Å². The number of rotatable bonds is 4. The lowest BCUT2D eigenvalue weighted by atomic mass is 10.3. The van der Waals surface area contributed by atoms with Crippen molar-refractivity contribution in [2.75, 3.05) is 7.11 Å². The lowest BCUT2D eigenvalue weighted by Gasteiger charge is -1.97. The van der Waals surface area contributed by atoms with E-state index in [1.165, 1.54) is 29.7 Å². The summed E-state index contributed by atoms with van der Waals surface area (Å²) in [7, 11) is 1.58. The van der Waals surface area contributed by atoms with Crippen molar-refractivity contribution < 1.29 is 14.1 Å². The summed E-state index contributed by atoms with van der Waals surface area (Å²) in [4.78, 5) is 18.5. The van der Waals surface area contributed by atoms with Gasteiger partial charge in [-0.05, 0) is 18.2 Å². The van der Waals surface area contributed by atoms with E-state index in [1.807, 2.05) is 18.2 Å². The normalized spacial score (nSPS) is 11.3. The van der Waals surface area contributed by atoms with Crippen molar-refractivity contribution in [2.45, 2.75) is 0 Å². The SMILES string of the molecule is COc1cccc2sc(/N=C/c3ccc([N+](=O)[O-])o3)nc12. The zero-order chi connectivity index (χ0) is 14.8. The molecule has 0 radical (unpaired) electrons. The Hall–Kier alpha value is -2.74. The minimum absolute atomic E-state index is 0.299. The Bertz CT molecular complexity index is 837. The molecular formula is C13H9N3O4S. The summed E-state index contributed by atoms with van der Waals surface area (Å²) in [5.41, 5.74) is 0.738. The van der Waals surface area contributed by atoms with Crippen LogP contribution >= 0.6 is 11.3 Å². The third-order valence-corrected chi connectivity index (χ3v) is 3.61. The van der Waals surface area contributed by atoms with Gasteiger partial charge in [0.15, 0.2) is 5.76 Å². The molecule has 21 heavy (non-hydrogen) atoms. The molecule has 106 valence electrons. The van der Waals surface area contributed by atoms with Crippen molar-refractivity contribution in [3.63, 3.8) is 0 Å². The van der Waals surface area contributed by atoms with Gasteiger partial charge in [-0.1, -0.05) is 17.4 Å². The molecule has 0 saturated heterocycles. The second kappa shape index (κ2) is 5.33. The van der Waals surface area contributed by atoms with Crippen LogP contribution in [0.5, 0.6) is 5.75 Å². The summed E-state index contributed by atoms with van der Waals surface area (Å²) in [6.07, 6.45) is 1.40. The summed E-state index contributed by atoms with van der Waals surface area (Å²) in [5, 5.41) is 11.0. The lowest BCUT2D eigenvalue weighted by Crippen LogP contribution is -1.83. The maximum absolute atomic E-state index is 10.5. The molecular weight excluding hydrogens is 294 g/mol. The van der Waals surface area contributed by atoms with Crippen molar-refractivity contribution in [1.29, 1.82) is 0 Å². The van der Waals surface area contributed by atoms with Crippen LogP contribution in [0.15, 0.2) is 39.7 Å². The van der Waals surface area contributed by atoms with E-state index in [9.17, 15) is 10.1 Å². The Labute approximate surface area is 122 Å². The van der Waals surface area contributed by atoms with E-state index >= 15 is 0 Å². The fourth-order valence-electron chi connectivity index (χ4n) is 1.76. The van der Waals surface area contributed by atoms with Crippen molar-refractivity contribution in [3.05, 3.63) is 46.2 Å². The van der Waals surface area contributed by atoms with Crippen LogP contribution in [0.4, 0.5) is 11.0 Å². The molecule has 0 aliphatic heterocycles. The number of hydrogen-bond acceptors (Lipinski definition) is 7. The molecule has 0 unspecified atom stereocenters. The van der Waals surface area contributed by atoms with Crippen LogP contribution in [-0.2, 0) is 0 Å². The van der Waals surface area contributed by atoms with E-state index in [2.05, 4.69) is 9.98 Å². The first-order valence-electron chi connectivity index (χ1n) is 5.89. The molecule has 7 nitrogen and oxygen atoms in total. The Balaban J connectivity index is 1.90. The molecule has 3 rings (SSSR count). The number of thiazole rings is 1. The van der Waals surface area contributed by atoms with Gasteiger partial charge in [0.25, 0.3) is 0 Å². The predicted octanol–water partition coefficient (Wildman–Crippen LogP) is 3.56. The minimum atomic E-state index is -0.597. The Morgan fingerprint density at radius 1 is 1.43 bits per heavy atom. The van der Waals surface area contributed by atoms with Crippen LogP contribution in [-0.4, -0.2) is 23.2 Å². The van der Waals surface area contributed by atoms with Gasteiger partial charge >= 0.3 is 5.88 Å². The van der Waals surface area contributed by atoms with Gasteiger partial charge in [-0.15, -0.1) is 0 Å². The smallest absolute Gasteiger partial charge is 0.433 e. The topological polar surface area (TPSA) is 90.8 Å². The molecule has 0 amide bonds. The lowest BCUT2D eigenvalue weighted by molar-refractivity contribution is -0.402. The Morgan fingerprint density at radius 2 is 2.29 bits per heavy atom. The second-order valence-corrected chi connectivity index (χ2v) is 5.00. The zero-order valence-corrected chi connectivity index (χ0v) is 11.7. The number of fused-ring (bicyclic) bond motifs is 1. The van der Waals surface area contributed by atoms with Crippen molar-refractivity contribution in [1.82, 2.24) is 4.98 Å².